The van der Waals surface area contributed by atoms with Crippen LogP contribution in [0.5, 0.6) is 0 Å². The second-order valence-electron chi connectivity index (χ2n) is 9.82. The van der Waals surface area contributed by atoms with E-state index < -0.39 is 0 Å². The van der Waals surface area contributed by atoms with Crippen molar-refractivity contribution in [2.24, 2.45) is 0 Å². The number of nitrogens with zero attached hydrogens (tertiary/aromatic N) is 7. The molecular weight excluding hydrogens is 558 g/mol. The van der Waals surface area contributed by atoms with Crippen molar-refractivity contribution < 1.29 is 23.7 Å². The van der Waals surface area contributed by atoms with Gasteiger partial charge < -0.3 is 15.0 Å². The van der Waals surface area contributed by atoms with Crippen LogP contribution in [0.2, 0.25) is 0 Å². The molecule has 4 heterocycles. The normalized spacial score (nSPS) is 11.6. The molecule has 194 valence electrons. The predicted octanol–water partition coefficient (Wildman–Crippen LogP) is 6.77. The number of aromatic nitrogens is 7. The number of rotatable bonds is 0. The maximum absolute atomic E-state index is 8.25. The summed E-state index contributed by atoms with van der Waals surface area (Å²) in [7, 11) is 0. The van der Waals surface area contributed by atoms with E-state index in [1.54, 1.807) is 0 Å². The van der Waals surface area contributed by atoms with Gasteiger partial charge in [-0.25, -0.2) is 9.97 Å². The van der Waals surface area contributed by atoms with Crippen LogP contribution in [0.15, 0.2) is 103 Å². The summed E-state index contributed by atoms with van der Waals surface area (Å²) in [4.78, 5) is 34.8. The average molecular weight is 575 g/mol. The van der Waals surface area contributed by atoms with Crippen LogP contribution in [0.25, 0.3) is 89.4 Å². The zero-order chi connectivity index (χ0) is 28.2. The van der Waals surface area contributed by atoms with E-state index in [0.717, 1.165) is 75.2 Å². The molecule has 0 N–H and O–H groups in total. The van der Waals surface area contributed by atoms with Gasteiger partial charge in [-0.1, -0.05) is 84.9 Å². The fraction of sp³-hybridized carbons (Fsp3) is 0. The van der Waals surface area contributed by atoms with Crippen LogP contribution in [0.4, 0.5) is 0 Å². The third-order valence-corrected chi connectivity index (χ3v) is 7.49. The molecule has 42 heavy (non-hydrogen) atoms. The molecule has 2 aliphatic heterocycles. The minimum atomic E-state index is 0.568. The summed E-state index contributed by atoms with van der Waals surface area (Å²) < 4.78 is 8.25. The Hall–Kier alpha value is -5.18. The van der Waals surface area contributed by atoms with Gasteiger partial charge in [0.15, 0.2) is 11.6 Å². The van der Waals surface area contributed by atoms with Crippen molar-refractivity contribution in [2.45, 2.75) is 0 Å². The van der Waals surface area contributed by atoms with E-state index in [4.69, 9.17) is 38.2 Å². The topological polar surface area (TPSA) is 109 Å². The molecule has 0 saturated heterocycles. The van der Waals surface area contributed by atoms with Gasteiger partial charge in [0.25, 0.3) is 0 Å². The molecule has 0 atom stereocenters. The predicted molar refractivity (Wildman–Crippen MR) is 157 cm³/mol. The summed E-state index contributed by atoms with van der Waals surface area (Å²) in [6, 6.07) is 34.2. The molecule has 9 rings (SSSR count). The zero-order valence-corrected chi connectivity index (χ0v) is 23.4. The van der Waals surface area contributed by atoms with Crippen LogP contribution in [0.1, 0.15) is 0 Å². The molecule has 8 nitrogen and oxygen atoms in total. The minimum Gasteiger partial charge on any atom is -0.357 e. The third-order valence-electron chi connectivity index (χ3n) is 7.49. The van der Waals surface area contributed by atoms with E-state index >= 15 is 0 Å². The number of hydrogen-bond donors (Lipinski definition) is 0. The van der Waals surface area contributed by atoms with Crippen LogP contribution in [-0.4, -0.2) is 29.9 Å². The summed E-state index contributed by atoms with van der Waals surface area (Å²) in [6.07, 6.45) is 0. The van der Waals surface area contributed by atoms with E-state index in [2.05, 4.69) is 12.1 Å². The van der Waals surface area contributed by atoms with Gasteiger partial charge in [0, 0.05) is 33.5 Å². The van der Waals surface area contributed by atoms with Crippen molar-refractivity contribution >= 4 is 43.9 Å². The molecule has 7 aromatic rings. The molecule has 2 aliphatic rings. The zero-order valence-electron chi connectivity index (χ0n) is 21.9. The molecular formula is C33H17N7OTi. The quantitative estimate of drug-likeness (QED) is 0.144. The Bertz CT molecular complexity index is 2060. The second kappa shape index (κ2) is 9.73. The molecule has 2 aromatic heterocycles. The molecule has 9 heteroatoms. The van der Waals surface area contributed by atoms with Gasteiger partial charge in [-0.2, -0.15) is 0 Å². The van der Waals surface area contributed by atoms with Crippen molar-refractivity contribution in [3.8, 4) is 45.6 Å². The Morgan fingerprint density at radius 2 is 0.762 bits per heavy atom. The molecule has 0 aliphatic carbocycles. The molecule has 0 saturated carbocycles. The smallest absolute Gasteiger partial charge is 0.159 e. The molecule has 0 spiro atoms. The Labute approximate surface area is 250 Å². The van der Waals surface area contributed by atoms with Gasteiger partial charge in [0.05, 0.1) is 11.6 Å². The summed E-state index contributed by atoms with van der Waals surface area (Å²) in [5.41, 5.74) is 6.45. The largest absolute Gasteiger partial charge is 0.357 e. The fourth-order valence-electron chi connectivity index (χ4n) is 5.62. The van der Waals surface area contributed by atoms with Gasteiger partial charge in [0.2, 0.25) is 0 Å². The van der Waals surface area contributed by atoms with Crippen LogP contribution >= 0.6 is 0 Å². The maximum Gasteiger partial charge on any atom is 0.159 e. The summed E-state index contributed by atoms with van der Waals surface area (Å²) in [5, 5.41) is 3.82. The Morgan fingerprint density at radius 1 is 0.429 bits per heavy atom. The Kier molecular flexibility index (Phi) is 5.70. The first-order valence-electron chi connectivity index (χ1n) is 13.2. The number of hydrogen-bond acceptors (Lipinski definition) is 7. The van der Waals surface area contributed by atoms with Crippen molar-refractivity contribution in [1.29, 1.82) is 0 Å². The Balaban J connectivity index is 0.00000131. The van der Waals surface area contributed by atoms with Crippen LogP contribution in [0, 0.1) is 0 Å². The molecule has 5 aromatic carbocycles. The van der Waals surface area contributed by atoms with Gasteiger partial charge in [-0.15, -0.1) is 29.0 Å². The van der Waals surface area contributed by atoms with Gasteiger partial charge >= 0.3 is 23.7 Å². The van der Waals surface area contributed by atoms with Crippen molar-refractivity contribution in [2.75, 3.05) is 0 Å². The molecule has 8 bridgehead atoms. The summed E-state index contributed by atoms with van der Waals surface area (Å²) in [6.45, 7) is 0. The SMILES string of the molecule is [O]=[Ti+2].c1ccc2c(c1)-c1nc-2nc2[n-]c(nc3nc(nc4[cH-]c(n1)c1ccccc41)-c1ccccc1-3)c1ccccc21. The number of benzene rings is 4. The van der Waals surface area contributed by atoms with E-state index in [9.17, 15) is 0 Å². The molecule has 0 fully saturated rings. The van der Waals surface area contributed by atoms with Crippen LogP contribution < -0.4 is 4.98 Å². The standard InChI is InChI=1S/C33H17N7.O.Ti/c1-2-10-19-18(9-1)26-17-27(19)35-29-21-12-4-6-14-23(21)31(37-29)39-33-25-16-8-7-15-24(25)32(40-33)38-30-22-13-5-3-11-20(22)28(34-26)36-30;;/h1-17H;;/q-2;;+2. The second-order valence-corrected chi connectivity index (χ2v) is 9.82. The van der Waals surface area contributed by atoms with Crippen molar-refractivity contribution in [3.05, 3.63) is 103 Å². The van der Waals surface area contributed by atoms with Crippen molar-refractivity contribution in [1.82, 2.24) is 34.9 Å². The van der Waals surface area contributed by atoms with E-state index in [1.807, 2.05) is 91.0 Å². The maximum atomic E-state index is 8.25. The molecule has 0 unspecified atom stereocenters. The monoisotopic (exact) mass is 575 g/mol. The Morgan fingerprint density at radius 3 is 1.17 bits per heavy atom. The summed E-state index contributed by atoms with van der Waals surface area (Å²) >= 11 is 0.750. The van der Waals surface area contributed by atoms with Gasteiger partial charge in [0.1, 0.15) is 0 Å². The first-order chi connectivity index (χ1) is 20.8. The van der Waals surface area contributed by atoms with Gasteiger partial charge in [-0.3, -0.25) is 9.97 Å². The third kappa shape index (κ3) is 3.77. The van der Waals surface area contributed by atoms with E-state index in [1.165, 1.54) is 0 Å². The van der Waals surface area contributed by atoms with Crippen molar-refractivity contribution in [3.63, 3.8) is 0 Å². The van der Waals surface area contributed by atoms with Crippen LogP contribution in [-0.2, 0) is 23.7 Å². The minimum absolute atomic E-state index is 0.568. The van der Waals surface area contributed by atoms with Crippen LogP contribution in [0.3, 0.4) is 0 Å². The van der Waals surface area contributed by atoms with Gasteiger partial charge in [-0.05, 0) is 21.8 Å². The fourth-order valence-corrected chi connectivity index (χ4v) is 5.62. The van der Waals surface area contributed by atoms with E-state index in [0.29, 0.717) is 34.6 Å². The first-order valence-corrected chi connectivity index (χ1v) is 13.9. The van der Waals surface area contributed by atoms with E-state index in [-0.39, 0.29) is 0 Å². The molecule has 0 radical (unpaired) electrons. The average Bonchev–Trinajstić information content (AvgIpc) is 3.78. The first kappa shape index (κ1) is 24.6. The summed E-state index contributed by atoms with van der Waals surface area (Å²) in [5.74, 6) is 2.39. The number of fused-ring (bicyclic) bond motifs is 20. The molecule has 0 amide bonds.